The highest BCUT2D eigenvalue weighted by Gasteiger charge is 2.25. The molecule has 1 aromatic rings. The molecule has 1 fully saturated rings. The SMILES string of the molecule is Cc1cc(F)cc(C(N)C2CCCC(C)C2)c1. The van der Waals surface area contributed by atoms with Gasteiger partial charge in [0.05, 0.1) is 0 Å². The molecule has 1 saturated carbocycles. The molecule has 0 aromatic heterocycles. The Morgan fingerprint density at radius 2 is 2.06 bits per heavy atom. The molecule has 3 unspecified atom stereocenters. The Hall–Kier alpha value is -0.890. The molecule has 1 nitrogen and oxygen atoms in total. The molecule has 0 radical (unpaired) electrons. The standard InChI is InChI=1S/C15H22FN/c1-10-4-3-5-12(6-10)15(17)13-7-11(2)8-14(16)9-13/h7-10,12,15H,3-6,17H2,1-2H3. The van der Waals surface area contributed by atoms with Gasteiger partial charge < -0.3 is 5.73 Å². The van der Waals surface area contributed by atoms with Crippen molar-refractivity contribution in [1.82, 2.24) is 0 Å². The minimum atomic E-state index is -0.167. The lowest BCUT2D eigenvalue weighted by Gasteiger charge is -2.31. The summed E-state index contributed by atoms with van der Waals surface area (Å²) >= 11 is 0. The molecule has 94 valence electrons. The summed E-state index contributed by atoms with van der Waals surface area (Å²) < 4.78 is 13.4. The number of rotatable bonds is 2. The summed E-state index contributed by atoms with van der Waals surface area (Å²) in [6, 6.07) is 5.16. The van der Waals surface area contributed by atoms with Crippen molar-refractivity contribution in [2.24, 2.45) is 17.6 Å². The Kier molecular flexibility index (Phi) is 3.82. The highest BCUT2D eigenvalue weighted by molar-refractivity contribution is 5.26. The molecular weight excluding hydrogens is 213 g/mol. The van der Waals surface area contributed by atoms with E-state index in [2.05, 4.69) is 6.92 Å². The molecule has 3 atom stereocenters. The molecule has 1 aliphatic rings. The summed E-state index contributed by atoms with van der Waals surface area (Å²) in [4.78, 5) is 0. The molecular formula is C15H22FN. The van der Waals surface area contributed by atoms with Gasteiger partial charge in [0, 0.05) is 6.04 Å². The number of hydrogen-bond acceptors (Lipinski definition) is 1. The number of halogens is 1. The Bertz CT molecular complexity index is 368. The van der Waals surface area contributed by atoms with E-state index in [1.54, 1.807) is 12.1 Å². The molecule has 0 amide bonds. The van der Waals surface area contributed by atoms with Crippen molar-refractivity contribution >= 4 is 0 Å². The summed E-state index contributed by atoms with van der Waals surface area (Å²) in [5.74, 6) is 1.11. The van der Waals surface area contributed by atoms with Crippen molar-refractivity contribution in [3.8, 4) is 0 Å². The fourth-order valence-corrected chi connectivity index (χ4v) is 3.04. The first-order chi connectivity index (χ1) is 8.06. The van der Waals surface area contributed by atoms with Crippen molar-refractivity contribution in [3.05, 3.63) is 35.1 Å². The summed E-state index contributed by atoms with van der Waals surface area (Å²) in [7, 11) is 0. The monoisotopic (exact) mass is 235 g/mol. The molecule has 2 rings (SSSR count). The maximum absolute atomic E-state index is 13.4. The quantitative estimate of drug-likeness (QED) is 0.825. The van der Waals surface area contributed by atoms with Crippen molar-refractivity contribution < 1.29 is 4.39 Å². The van der Waals surface area contributed by atoms with Gasteiger partial charge in [-0.05, 0) is 54.9 Å². The number of hydrogen-bond donors (Lipinski definition) is 1. The highest BCUT2D eigenvalue weighted by atomic mass is 19.1. The maximum Gasteiger partial charge on any atom is 0.123 e. The van der Waals surface area contributed by atoms with Crippen LogP contribution in [0.25, 0.3) is 0 Å². The third-order valence-corrected chi connectivity index (χ3v) is 3.93. The predicted molar refractivity (Wildman–Crippen MR) is 69.2 cm³/mol. The third-order valence-electron chi connectivity index (χ3n) is 3.93. The van der Waals surface area contributed by atoms with E-state index in [1.807, 2.05) is 13.0 Å². The van der Waals surface area contributed by atoms with E-state index in [4.69, 9.17) is 5.73 Å². The summed E-state index contributed by atoms with van der Waals surface area (Å²) in [6.07, 6.45) is 4.93. The third kappa shape index (κ3) is 3.06. The van der Waals surface area contributed by atoms with E-state index in [0.717, 1.165) is 17.0 Å². The molecule has 1 aromatic carbocycles. The van der Waals surface area contributed by atoms with Gasteiger partial charge in [0.25, 0.3) is 0 Å². The second kappa shape index (κ2) is 5.18. The van der Waals surface area contributed by atoms with E-state index in [-0.39, 0.29) is 11.9 Å². The van der Waals surface area contributed by atoms with Crippen LogP contribution in [0.1, 0.15) is 49.8 Å². The van der Waals surface area contributed by atoms with Gasteiger partial charge in [0.15, 0.2) is 0 Å². The Morgan fingerprint density at radius 1 is 1.29 bits per heavy atom. The van der Waals surface area contributed by atoms with Gasteiger partial charge in [-0.3, -0.25) is 0 Å². The Morgan fingerprint density at radius 3 is 2.71 bits per heavy atom. The van der Waals surface area contributed by atoms with E-state index in [9.17, 15) is 4.39 Å². The van der Waals surface area contributed by atoms with Crippen LogP contribution in [-0.4, -0.2) is 0 Å². The Balaban J connectivity index is 2.15. The fourth-order valence-electron chi connectivity index (χ4n) is 3.04. The second-order valence-electron chi connectivity index (χ2n) is 5.62. The molecule has 17 heavy (non-hydrogen) atoms. The van der Waals surface area contributed by atoms with Gasteiger partial charge in [-0.15, -0.1) is 0 Å². The second-order valence-corrected chi connectivity index (χ2v) is 5.62. The summed E-state index contributed by atoms with van der Waals surface area (Å²) in [5, 5.41) is 0. The summed E-state index contributed by atoms with van der Waals surface area (Å²) in [6.45, 7) is 4.21. The topological polar surface area (TPSA) is 26.0 Å². The van der Waals surface area contributed by atoms with Crippen molar-refractivity contribution in [3.63, 3.8) is 0 Å². The lowest BCUT2D eigenvalue weighted by Crippen LogP contribution is -2.26. The van der Waals surface area contributed by atoms with Crippen LogP contribution in [0.3, 0.4) is 0 Å². The van der Waals surface area contributed by atoms with Gasteiger partial charge in [0.2, 0.25) is 0 Å². The molecule has 2 N–H and O–H groups in total. The molecule has 1 aliphatic carbocycles. The first-order valence-electron chi connectivity index (χ1n) is 6.59. The van der Waals surface area contributed by atoms with E-state index >= 15 is 0 Å². The molecule has 2 heteroatoms. The minimum absolute atomic E-state index is 0.00727. The average Bonchev–Trinajstić information content (AvgIpc) is 2.26. The molecule has 0 saturated heterocycles. The number of aryl methyl sites for hydroxylation is 1. The van der Waals surface area contributed by atoms with Crippen LogP contribution < -0.4 is 5.73 Å². The first kappa shape index (κ1) is 12.6. The smallest absolute Gasteiger partial charge is 0.123 e. The Labute approximate surface area is 103 Å². The lowest BCUT2D eigenvalue weighted by atomic mass is 9.77. The van der Waals surface area contributed by atoms with Crippen molar-refractivity contribution in [1.29, 1.82) is 0 Å². The number of benzene rings is 1. The van der Waals surface area contributed by atoms with Crippen molar-refractivity contribution in [2.45, 2.75) is 45.6 Å². The zero-order valence-electron chi connectivity index (χ0n) is 10.7. The van der Waals surface area contributed by atoms with Crippen molar-refractivity contribution in [2.75, 3.05) is 0 Å². The van der Waals surface area contributed by atoms with E-state index in [1.165, 1.54) is 25.7 Å². The maximum atomic E-state index is 13.4. The van der Waals surface area contributed by atoms with Gasteiger partial charge in [-0.1, -0.05) is 25.8 Å². The molecule has 0 heterocycles. The highest BCUT2D eigenvalue weighted by Crippen LogP contribution is 2.36. The largest absolute Gasteiger partial charge is 0.324 e. The predicted octanol–water partition coefficient (Wildman–Crippen LogP) is 3.96. The zero-order chi connectivity index (χ0) is 12.4. The summed E-state index contributed by atoms with van der Waals surface area (Å²) in [5.41, 5.74) is 8.22. The van der Waals surface area contributed by atoms with E-state index in [0.29, 0.717) is 5.92 Å². The van der Waals surface area contributed by atoms with Crippen LogP contribution in [0.4, 0.5) is 4.39 Å². The lowest BCUT2D eigenvalue weighted by molar-refractivity contribution is 0.247. The van der Waals surface area contributed by atoms with Crippen LogP contribution in [0.15, 0.2) is 18.2 Å². The fraction of sp³-hybridized carbons (Fsp3) is 0.600. The normalized spacial score (nSPS) is 26.8. The first-order valence-corrected chi connectivity index (χ1v) is 6.59. The van der Waals surface area contributed by atoms with Gasteiger partial charge in [0.1, 0.15) is 5.82 Å². The van der Waals surface area contributed by atoms with Crippen LogP contribution in [0.5, 0.6) is 0 Å². The van der Waals surface area contributed by atoms with Gasteiger partial charge in [-0.2, -0.15) is 0 Å². The van der Waals surface area contributed by atoms with Crippen LogP contribution in [0.2, 0.25) is 0 Å². The van der Waals surface area contributed by atoms with Crippen LogP contribution >= 0.6 is 0 Å². The van der Waals surface area contributed by atoms with Gasteiger partial charge >= 0.3 is 0 Å². The van der Waals surface area contributed by atoms with Crippen LogP contribution in [0, 0.1) is 24.6 Å². The van der Waals surface area contributed by atoms with Gasteiger partial charge in [-0.25, -0.2) is 4.39 Å². The number of nitrogens with two attached hydrogens (primary N) is 1. The van der Waals surface area contributed by atoms with E-state index < -0.39 is 0 Å². The molecule has 0 bridgehead atoms. The average molecular weight is 235 g/mol. The molecule has 0 spiro atoms. The minimum Gasteiger partial charge on any atom is -0.324 e. The molecule has 0 aliphatic heterocycles. The zero-order valence-corrected chi connectivity index (χ0v) is 10.7. The van der Waals surface area contributed by atoms with Crippen LogP contribution in [-0.2, 0) is 0 Å².